The van der Waals surface area contributed by atoms with Crippen molar-refractivity contribution >= 4 is 27.6 Å². The molecule has 0 fully saturated rings. The summed E-state index contributed by atoms with van der Waals surface area (Å²) < 4.78 is 33.0. The third kappa shape index (κ3) is 5.28. The van der Waals surface area contributed by atoms with Crippen molar-refractivity contribution in [2.24, 2.45) is 5.14 Å². The summed E-state index contributed by atoms with van der Waals surface area (Å²) in [5, 5.41) is 5.17. The van der Waals surface area contributed by atoms with Crippen LogP contribution in [0.15, 0.2) is 17.0 Å². The van der Waals surface area contributed by atoms with E-state index in [1.807, 2.05) is 13.8 Å². The van der Waals surface area contributed by atoms with Crippen LogP contribution in [-0.2, 0) is 19.5 Å². The normalized spacial score (nSPS) is 11.7. The smallest absolute Gasteiger partial charge is 0.338 e. The molecule has 0 saturated heterocycles. The highest BCUT2D eigenvalue weighted by atomic mass is 35.5. The topological polar surface area (TPSA) is 95.7 Å². The lowest BCUT2D eigenvalue weighted by Gasteiger charge is -2.11. The Kier molecular flexibility index (Phi) is 6.15. The van der Waals surface area contributed by atoms with Crippen LogP contribution < -0.4 is 5.14 Å². The van der Waals surface area contributed by atoms with Crippen molar-refractivity contribution in [3.63, 3.8) is 0 Å². The lowest BCUT2D eigenvalue weighted by molar-refractivity contribution is 0.0176. The maximum atomic E-state index is 12.0. The molecule has 2 N–H and O–H groups in total. The lowest BCUT2D eigenvalue weighted by atomic mass is 10.1. The van der Waals surface area contributed by atoms with E-state index in [-0.39, 0.29) is 34.8 Å². The summed E-state index contributed by atoms with van der Waals surface area (Å²) in [6, 6.07) is 2.35. The fraction of sp³-hybridized carbons (Fsp3) is 0.462. The number of halogens is 1. The SMILES string of the molecule is Cc1c(Cl)cc(S(N)(=O)=O)cc1C(=O)OCCOC(C)C. The van der Waals surface area contributed by atoms with Gasteiger partial charge in [0.15, 0.2) is 0 Å². The van der Waals surface area contributed by atoms with Crippen LogP contribution in [0, 0.1) is 6.92 Å². The minimum Gasteiger partial charge on any atom is -0.460 e. The van der Waals surface area contributed by atoms with Gasteiger partial charge in [-0.2, -0.15) is 0 Å². The molecule has 6 nitrogen and oxygen atoms in total. The summed E-state index contributed by atoms with van der Waals surface area (Å²) in [4.78, 5) is 11.7. The first-order valence-electron chi connectivity index (χ1n) is 6.24. The third-order valence-electron chi connectivity index (χ3n) is 2.63. The predicted octanol–water partition coefficient (Wildman–Crippen LogP) is 1.88. The maximum absolute atomic E-state index is 12.0. The van der Waals surface area contributed by atoms with E-state index < -0.39 is 16.0 Å². The zero-order chi connectivity index (χ0) is 16.2. The molecule has 0 aliphatic rings. The Balaban J connectivity index is 2.91. The molecule has 8 heteroatoms. The van der Waals surface area contributed by atoms with Gasteiger partial charge >= 0.3 is 5.97 Å². The molecule has 0 radical (unpaired) electrons. The first kappa shape index (κ1) is 17.9. The molecule has 118 valence electrons. The van der Waals surface area contributed by atoms with E-state index in [4.69, 9.17) is 26.2 Å². The highest BCUT2D eigenvalue weighted by molar-refractivity contribution is 7.89. The number of hydrogen-bond acceptors (Lipinski definition) is 5. The van der Waals surface area contributed by atoms with Crippen LogP contribution in [0.25, 0.3) is 0 Å². The average Bonchev–Trinajstić information content (AvgIpc) is 2.35. The molecule has 0 atom stereocenters. The second kappa shape index (κ2) is 7.22. The van der Waals surface area contributed by atoms with Crippen molar-refractivity contribution in [2.75, 3.05) is 13.2 Å². The van der Waals surface area contributed by atoms with Crippen LogP contribution in [0.4, 0.5) is 0 Å². The van der Waals surface area contributed by atoms with Gasteiger partial charge in [-0.3, -0.25) is 0 Å². The Labute approximate surface area is 129 Å². The molecule has 0 aliphatic carbocycles. The van der Waals surface area contributed by atoms with Crippen LogP contribution in [0.3, 0.4) is 0 Å². The second-order valence-corrected chi connectivity index (χ2v) is 6.65. The number of nitrogens with two attached hydrogens (primary N) is 1. The predicted molar refractivity (Wildman–Crippen MR) is 78.9 cm³/mol. The third-order valence-corrected chi connectivity index (χ3v) is 3.92. The van der Waals surface area contributed by atoms with Gasteiger partial charge < -0.3 is 9.47 Å². The molecule has 0 bridgehead atoms. The summed E-state index contributed by atoms with van der Waals surface area (Å²) in [6.07, 6.45) is 0.0330. The summed E-state index contributed by atoms with van der Waals surface area (Å²) >= 11 is 5.92. The molecule has 0 unspecified atom stereocenters. The van der Waals surface area contributed by atoms with E-state index in [1.54, 1.807) is 6.92 Å². The Morgan fingerprint density at radius 3 is 2.48 bits per heavy atom. The van der Waals surface area contributed by atoms with E-state index in [0.717, 1.165) is 6.07 Å². The molecular formula is C13H18ClNO5S. The molecule has 1 aromatic carbocycles. The summed E-state index contributed by atoms with van der Waals surface area (Å²) in [7, 11) is -3.95. The van der Waals surface area contributed by atoms with Crippen LogP contribution in [0.2, 0.25) is 5.02 Å². The van der Waals surface area contributed by atoms with Crippen LogP contribution in [0.5, 0.6) is 0 Å². The maximum Gasteiger partial charge on any atom is 0.338 e. The molecular weight excluding hydrogens is 318 g/mol. The molecule has 1 rings (SSSR count). The summed E-state index contributed by atoms with van der Waals surface area (Å²) in [6.45, 7) is 5.64. The number of sulfonamides is 1. The van der Waals surface area contributed by atoms with Gasteiger partial charge in [0.1, 0.15) is 6.61 Å². The highest BCUT2D eigenvalue weighted by Crippen LogP contribution is 2.24. The number of carbonyl (C=O) groups is 1. The molecule has 1 aromatic rings. The number of esters is 1. The van der Waals surface area contributed by atoms with Crippen LogP contribution in [0.1, 0.15) is 29.8 Å². The largest absolute Gasteiger partial charge is 0.460 e. The zero-order valence-corrected chi connectivity index (χ0v) is 13.6. The van der Waals surface area contributed by atoms with Crippen molar-refractivity contribution in [3.05, 3.63) is 28.3 Å². The van der Waals surface area contributed by atoms with Gasteiger partial charge in [0.25, 0.3) is 0 Å². The fourth-order valence-electron chi connectivity index (χ4n) is 1.53. The van der Waals surface area contributed by atoms with Crippen molar-refractivity contribution < 1.29 is 22.7 Å². The van der Waals surface area contributed by atoms with Gasteiger partial charge in [-0.15, -0.1) is 0 Å². The van der Waals surface area contributed by atoms with Gasteiger partial charge in [0.05, 0.1) is 23.2 Å². The Morgan fingerprint density at radius 2 is 1.95 bits per heavy atom. The minimum atomic E-state index is -3.95. The molecule has 0 aromatic heterocycles. The molecule has 0 spiro atoms. The summed E-state index contributed by atoms with van der Waals surface area (Å²) in [5.41, 5.74) is 0.495. The van der Waals surface area contributed by atoms with Crippen molar-refractivity contribution in [1.82, 2.24) is 0 Å². The monoisotopic (exact) mass is 335 g/mol. The Bertz CT molecular complexity index is 628. The lowest BCUT2D eigenvalue weighted by Crippen LogP contribution is -2.17. The van der Waals surface area contributed by atoms with Crippen LogP contribution >= 0.6 is 11.6 Å². The first-order chi connectivity index (χ1) is 9.62. The molecule has 0 saturated carbocycles. The molecule has 0 amide bonds. The number of rotatable bonds is 6. The fourth-order valence-corrected chi connectivity index (χ4v) is 2.37. The summed E-state index contributed by atoms with van der Waals surface area (Å²) in [5.74, 6) is -0.674. The number of benzene rings is 1. The number of carbonyl (C=O) groups excluding carboxylic acids is 1. The molecule has 0 aliphatic heterocycles. The Morgan fingerprint density at radius 1 is 1.33 bits per heavy atom. The van der Waals surface area contributed by atoms with Gasteiger partial charge in [0.2, 0.25) is 10.0 Å². The standard InChI is InChI=1S/C13H18ClNO5S/c1-8(2)19-4-5-20-13(16)11-6-10(21(15,17)18)7-12(14)9(11)3/h6-8H,4-5H2,1-3H3,(H2,15,17,18). The van der Waals surface area contributed by atoms with E-state index in [2.05, 4.69) is 0 Å². The number of primary sulfonamides is 1. The van der Waals surface area contributed by atoms with E-state index in [0.29, 0.717) is 5.56 Å². The quantitative estimate of drug-likeness (QED) is 0.632. The highest BCUT2D eigenvalue weighted by Gasteiger charge is 2.18. The van der Waals surface area contributed by atoms with E-state index in [9.17, 15) is 13.2 Å². The average molecular weight is 336 g/mol. The zero-order valence-electron chi connectivity index (χ0n) is 12.1. The first-order valence-corrected chi connectivity index (χ1v) is 8.17. The minimum absolute atomic E-state index is 0.0330. The van der Waals surface area contributed by atoms with Crippen LogP contribution in [-0.4, -0.2) is 33.7 Å². The molecule has 21 heavy (non-hydrogen) atoms. The van der Waals surface area contributed by atoms with Gasteiger partial charge in [0, 0.05) is 5.02 Å². The van der Waals surface area contributed by atoms with Gasteiger partial charge in [-0.05, 0) is 38.5 Å². The molecule has 0 heterocycles. The van der Waals surface area contributed by atoms with Gasteiger partial charge in [-0.1, -0.05) is 11.6 Å². The van der Waals surface area contributed by atoms with E-state index in [1.165, 1.54) is 6.07 Å². The van der Waals surface area contributed by atoms with Crippen molar-refractivity contribution in [3.8, 4) is 0 Å². The van der Waals surface area contributed by atoms with E-state index >= 15 is 0 Å². The number of hydrogen-bond donors (Lipinski definition) is 1. The number of ether oxygens (including phenoxy) is 2. The van der Waals surface area contributed by atoms with Crippen molar-refractivity contribution in [2.45, 2.75) is 31.8 Å². The second-order valence-electron chi connectivity index (χ2n) is 4.68. The van der Waals surface area contributed by atoms with Gasteiger partial charge in [-0.25, -0.2) is 18.4 Å². The van der Waals surface area contributed by atoms with Crippen molar-refractivity contribution in [1.29, 1.82) is 0 Å². The Hall–Kier alpha value is -1.15.